The molecule has 204 valence electrons. The zero-order valence-corrected chi connectivity index (χ0v) is 23.0. The van der Waals surface area contributed by atoms with Gasteiger partial charge in [-0.1, -0.05) is 33.8 Å². The molecule has 1 amide bonds. The van der Waals surface area contributed by atoms with Gasteiger partial charge in [0.2, 0.25) is 5.91 Å². The lowest BCUT2D eigenvalue weighted by Crippen LogP contribution is -2.58. The van der Waals surface area contributed by atoms with Crippen molar-refractivity contribution < 1.29 is 25.2 Å². The number of hydrogen-bond donors (Lipinski definition) is 6. The Labute approximate surface area is 223 Å². The number of benzene rings is 1. The van der Waals surface area contributed by atoms with Gasteiger partial charge in [-0.2, -0.15) is 0 Å². The fraction of sp³-hybridized carbons (Fsp3) is 0.643. The van der Waals surface area contributed by atoms with Gasteiger partial charge in [0.25, 0.3) is 0 Å². The van der Waals surface area contributed by atoms with E-state index in [-0.39, 0.29) is 54.6 Å². The first-order valence-electron chi connectivity index (χ1n) is 13.2. The number of hydrogen-bond acceptors (Lipinski definition) is 8. The highest BCUT2D eigenvalue weighted by molar-refractivity contribution is 7.15. The molecule has 0 bridgehead atoms. The summed E-state index contributed by atoms with van der Waals surface area (Å²) in [6, 6.07) is 6.56. The molecular formula is C28H41N3O5S. The molecule has 1 aromatic carbocycles. The summed E-state index contributed by atoms with van der Waals surface area (Å²) in [6.45, 7) is 8.03. The fourth-order valence-corrected chi connectivity index (χ4v) is 7.72. The lowest BCUT2D eigenvalue weighted by molar-refractivity contribution is -0.144. The number of aliphatic hydroxyl groups excluding tert-OH is 3. The Kier molecular flexibility index (Phi) is 8.19. The van der Waals surface area contributed by atoms with Crippen LogP contribution < -0.4 is 10.6 Å². The van der Waals surface area contributed by atoms with Crippen molar-refractivity contribution in [1.82, 2.24) is 10.3 Å². The van der Waals surface area contributed by atoms with Crippen LogP contribution in [0.5, 0.6) is 5.75 Å². The third-order valence-electron chi connectivity index (χ3n) is 8.72. The van der Waals surface area contributed by atoms with Crippen LogP contribution >= 0.6 is 11.3 Å². The number of aliphatic hydroxyl groups is 3. The first-order chi connectivity index (χ1) is 17.5. The number of carbonyl (C=O) groups excluding carboxylic acids is 1. The number of aromatic nitrogens is 1. The summed E-state index contributed by atoms with van der Waals surface area (Å²) >= 11 is 1.52. The zero-order valence-electron chi connectivity index (χ0n) is 22.2. The van der Waals surface area contributed by atoms with Gasteiger partial charge in [-0.25, -0.2) is 4.98 Å². The van der Waals surface area contributed by atoms with E-state index in [1.165, 1.54) is 11.3 Å². The number of nitrogens with zero attached hydrogens (tertiary/aromatic N) is 1. The van der Waals surface area contributed by atoms with E-state index in [2.05, 4.69) is 31.4 Å². The molecule has 8 nitrogen and oxygen atoms in total. The van der Waals surface area contributed by atoms with E-state index in [0.717, 1.165) is 22.7 Å². The molecule has 1 heterocycles. The molecule has 6 N–H and O–H groups in total. The van der Waals surface area contributed by atoms with Crippen molar-refractivity contribution in [3.8, 4) is 5.75 Å². The van der Waals surface area contributed by atoms with Crippen LogP contribution in [0, 0.1) is 22.7 Å². The van der Waals surface area contributed by atoms with Crippen LogP contribution in [0.3, 0.4) is 0 Å². The normalized spacial score (nSPS) is 29.9. The molecule has 2 aliphatic rings. The maximum atomic E-state index is 13.3. The molecule has 1 fully saturated rings. The van der Waals surface area contributed by atoms with Crippen LogP contribution in [-0.2, 0) is 11.2 Å². The summed E-state index contributed by atoms with van der Waals surface area (Å²) in [4.78, 5) is 19.3. The average molecular weight is 532 g/mol. The summed E-state index contributed by atoms with van der Waals surface area (Å²) in [6.07, 6.45) is 2.26. The molecule has 37 heavy (non-hydrogen) atoms. The number of phenols is 1. The number of rotatable bonds is 9. The minimum absolute atomic E-state index is 0.0302. The van der Waals surface area contributed by atoms with E-state index in [0.29, 0.717) is 30.3 Å². The number of aromatic hydroxyl groups is 1. The molecule has 0 saturated heterocycles. The van der Waals surface area contributed by atoms with E-state index in [1.807, 2.05) is 13.0 Å². The largest absolute Gasteiger partial charge is 0.508 e. The maximum Gasteiger partial charge on any atom is 0.220 e. The SMILES string of the molecule is CC(C)C[C@H](CO)NC(=O)C[C@@H]1c2nc(Nc3cccc(O)c3)sc2C[C@@H]2[C@](C)(CO)[C@H](O)CC[C@]21C. The van der Waals surface area contributed by atoms with Crippen molar-refractivity contribution in [2.45, 2.75) is 77.9 Å². The smallest absolute Gasteiger partial charge is 0.220 e. The monoisotopic (exact) mass is 531 g/mol. The van der Waals surface area contributed by atoms with E-state index >= 15 is 0 Å². The third-order valence-corrected chi connectivity index (χ3v) is 9.73. The van der Waals surface area contributed by atoms with Crippen LogP contribution in [0.2, 0.25) is 0 Å². The number of amides is 1. The molecule has 1 saturated carbocycles. The molecule has 1 aromatic heterocycles. The zero-order chi connectivity index (χ0) is 27.0. The summed E-state index contributed by atoms with van der Waals surface area (Å²) in [7, 11) is 0. The molecule has 6 atom stereocenters. The molecule has 4 rings (SSSR count). The summed E-state index contributed by atoms with van der Waals surface area (Å²) in [5.74, 6) is 0.151. The Morgan fingerprint density at radius 1 is 1.27 bits per heavy atom. The van der Waals surface area contributed by atoms with Gasteiger partial charge in [-0.15, -0.1) is 11.3 Å². The number of nitrogens with one attached hydrogen (secondary N) is 2. The van der Waals surface area contributed by atoms with Gasteiger partial charge in [0, 0.05) is 34.4 Å². The summed E-state index contributed by atoms with van der Waals surface area (Å²) in [5, 5.41) is 48.1. The quantitative estimate of drug-likeness (QED) is 0.289. The van der Waals surface area contributed by atoms with Crippen LogP contribution in [0.25, 0.3) is 0 Å². The molecule has 9 heteroatoms. The molecule has 0 unspecified atom stereocenters. The van der Waals surface area contributed by atoms with Crippen molar-refractivity contribution in [1.29, 1.82) is 0 Å². The number of carbonyl (C=O) groups is 1. The minimum atomic E-state index is -0.687. The topological polar surface area (TPSA) is 135 Å². The van der Waals surface area contributed by atoms with Crippen molar-refractivity contribution in [2.24, 2.45) is 22.7 Å². The number of thiazole rings is 1. The molecule has 0 radical (unpaired) electrons. The van der Waals surface area contributed by atoms with E-state index in [9.17, 15) is 25.2 Å². The van der Waals surface area contributed by atoms with Gasteiger partial charge in [-0.05, 0) is 55.1 Å². The predicted octanol–water partition coefficient (Wildman–Crippen LogP) is 3.92. The van der Waals surface area contributed by atoms with Crippen molar-refractivity contribution in [3.63, 3.8) is 0 Å². The van der Waals surface area contributed by atoms with Gasteiger partial charge in [0.05, 0.1) is 31.1 Å². The molecule has 0 aliphatic heterocycles. The highest BCUT2D eigenvalue weighted by Crippen LogP contribution is 2.62. The van der Waals surface area contributed by atoms with Gasteiger partial charge in [-0.3, -0.25) is 4.79 Å². The minimum Gasteiger partial charge on any atom is -0.508 e. The van der Waals surface area contributed by atoms with E-state index in [4.69, 9.17) is 4.98 Å². The Bertz CT molecular complexity index is 1110. The second-order valence-electron chi connectivity index (χ2n) is 11.8. The third kappa shape index (κ3) is 5.50. The lowest BCUT2D eigenvalue weighted by atomic mass is 9.47. The molecule has 2 aliphatic carbocycles. The Balaban J connectivity index is 1.69. The average Bonchev–Trinajstić information content (AvgIpc) is 3.24. The van der Waals surface area contributed by atoms with Crippen LogP contribution in [0.4, 0.5) is 10.8 Å². The van der Waals surface area contributed by atoms with Crippen molar-refractivity contribution in [2.75, 3.05) is 18.5 Å². The first-order valence-corrected chi connectivity index (χ1v) is 14.1. The standard InChI is InChI=1S/C28H41N3O5S/c1-16(2)10-18(14-32)29-24(36)12-20-25-21(37-26(31-25)30-17-6-5-7-19(34)11-17)13-22-27(20,3)9-8-23(35)28(22,4)15-33/h5-7,11,16,18,20,22-23,32-35H,8-10,12-15H2,1-4H3,(H,29,36)(H,30,31)/t18-,20-,22+,23-,27+,28+/m1/s1. The van der Waals surface area contributed by atoms with Crippen LogP contribution in [-0.4, -0.2) is 56.7 Å². The Morgan fingerprint density at radius 2 is 2.03 bits per heavy atom. The van der Waals surface area contributed by atoms with Crippen molar-refractivity contribution in [3.05, 3.63) is 34.8 Å². The molecular weight excluding hydrogens is 490 g/mol. The lowest BCUT2D eigenvalue weighted by Gasteiger charge is -2.58. The molecule has 2 aromatic rings. The number of anilines is 2. The number of phenolic OH excluding ortho intramolecular Hbond substituents is 1. The van der Waals surface area contributed by atoms with Gasteiger partial charge in [0.1, 0.15) is 5.75 Å². The summed E-state index contributed by atoms with van der Waals surface area (Å²) < 4.78 is 0. The van der Waals surface area contributed by atoms with Gasteiger partial charge < -0.3 is 31.1 Å². The van der Waals surface area contributed by atoms with Crippen LogP contribution in [0.15, 0.2) is 24.3 Å². The van der Waals surface area contributed by atoms with Crippen LogP contribution in [0.1, 0.15) is 69.9 Å². The van der Waals surface area contributed by atoms with Gasteiger partial charge in [0.15, 0.2) is 5.13 Å². The Morgan fingerprint density at radius 3 is 2.68 bits per heavy atom. The van der Waals surface area contributed by atoms with E-state index in [1.54, 1.807) is 18.2 Å². The van der Waals surface area contributed by atoms with Crippen molar-refractivity contribution >= 4 is 28.1 Å². The van der Waals surface area contributed by atoms with E-state index < -0.39 is 11.5 Å². The maximum absolute atomic E-state index is 13.3. The second-order valence-corrected chi connectivity index (χ2v) is 12.9. The highest BCUT2D eigenvalue weighted by Gasteiger charge is 2.59. The van der Waals surface area contributed by atoms with Gasteiger partial charge >= 0.3 is 0 Å². The molecule has 0 spiro atoms. The highest BCUT2D eigenvalue weighted by atomic mass is 32.1. The first kappa shape index (κ1) is 27.8. The summed E-state index contributed by atoms with van der Waals surface area (Å²) in [5.41, 5.74) is 0.583. The fourth-order valence-electron chi connectivity index (χ4n) is 6.63. The second kappa shape index (κ2) is 10.9. The predicted molar refractivity (Wildman–Crippen MR) is 145 cm³/mol. The number of fused-ring (bicyclic) bond motifs is 2. The Hall–Kier alpha value is -2.20.